The molecule has 0 heterocycles. The molecule has 0 radical (unpaired) electrons. The van der Waals surface area contributed by atoms with Crippen LogP contribution in [0.4, 0.5) is 0 Å². The average Bonchev–Trinajstić information content (AvgIpc) is 2.63. The van der Waals surface area contributed by atoms with Crippen LogP contribution in [-0.4, -0.2) is 16.5 Å². The second kappa shape index (κ2) is 5.24. The van der Waals surface area contributed by atoms with E-state index >= 15 is 0 Å². The van der Waals surface area contributed by atoms with E-state index in [-0.39, 0.29) is 6.10 Å². The predicted molar refractivity (Wildman–Crippen MR) is 66.4 cm³/mol. The third-order valence-corrected chi connectivity index (χ3v) is 4.65. The summed E-state index contributed by atoms with van der Waals surface area (Å²) in [6.07, 6.45) is 3.13. The van der Waals surface area contributed by atoms with Crippen molar-refractivity contribution in [2.75, 3.05) is 0 Å². The molecule has 1 saturated carbocycles. The van der Waals surface area contributed by atoms with Crippen molar-refractivity contribution in [2.24, 2.45) is 0 Å². The molecule has 0 unspecified atom stereocenters. The summed E-state index contributed by atoms with van der Waals surface area (Å²) in [5.41, 5.74) is 1.17. The lowest BCUT2D eigenvalue weighted by Gasteiger charge is -2.14. The van der Waals surface area contributed by atoms with E-state index in [2.05, 4.69) is 6.07 Å². The van der Waals surface area contributed by atoms with E-state index in [0.717, 1.165) is 30.0 Å². The van der Waals surface area contributed by atoms with E-state index in [1.807, 2.05) is 30.0 Å². The quantitative estimate of drug-likeness (QED) is 0.876. The summed E-state index contributed by atoms with van der Waals surface area (Å²) < 4.78 is 0. The average molecular weight is 243 g/mol. The van der Waals surface area contributed by atoms with E-state index in [1.54, 1.807) is 0 Å². The van der Waals surface area contributed by atoms with Gasteiger partial charge < -0.3 is 5.11 Å². The second-order valence-corrected chi connectivity index (χ2v) is 5.57. The van der Waals surface area contributed by atoms with Crippen molar-refractivity contribution in [1.29, 1.82) is 0 Å². The Bertz CT molecular complexity index is 329. The van der Waals surface area contributed by atoms with Crippen molar-refractivity contribution in [1.82, 2.24) is 0 Å². The summed E-state index contributed by atoms with van der Waals surface area (Å²) in [7, 11) is 0. The number of hydrogen-bond acceptors (Lipinski definition) is 2. The predicted octanol–water partition coefficient (Wildman–Crippen LogP) is 3.49. The first kappa shape index (κ1) is 11.3. The van der Waals surface area contributed by atoms with Gasteiger partial charge in [0.2, 0.25) is 0 Å². The minimum atomic E-state index is -0.113. The number of aliphatic hydroxyl groups excluding tert-OH is 1. The molecule has 1 N–H and O–H groups in total. The fourth-order valence-corrected chi connectivity index (χ4v) is 3.53. The van der Waals surface area contributed by atoms with Crippen LogP contribution in [-0.2, 0) is 5.75 Å². The van der Waals surface area contributed by atoms with Gasteiger partial charge in [-0.2, -0.15) is 11.8 Å². The number of aliphatic hydroxyl groups is 1. The number of benzene rings is 1. The highest BCUT2D eigenvalue weighted by Crippen LogP contribution is 2.33. The molecule has 2 rings (SSSR count). The van der Waals surface area contributed by atoms with Crippen molar-refractivity contribution in [3.8, 4) is 0 Å². The Balaban J connectivity index is 1.90. The topological polar surface area (TPSA) is 20.2 Å². The molecule has 0 aliphatic heterocycles. The molecule has 0 saturated heterocycles. The summed E-state index contributed by atoms with van der Waals surface area (Å²) in [5, 5.41) is 10.9. The van der Waals surface area contributed by atoms with Gasteiger partial charge in [0.05, 0.1) is 6.10 Å². The minimum Gasteiger partial charge on any atom is -0.392 e. The summed E-state index contributed by atoms with van der Waals surface area (Å²) in [6, 6.07) is 7.92. The van der Waals surface area contributed by atoms with Gasteiger partial charge in [-0.25, -0.2) is 0 Å². The van der Waals surface area contributed by atoms with Crippen LogP contribution in [0, 0.1) is 0 Å². The van der Waals surface area contributed by atoms with E-state index in [1.165, 1.54) is 5.56 Å². The molecule has 1 aliphatic carbocycles. The zero-order valence-electron chi connectivity index (χ0n) is 8.53. The van der Waals surface area contributed by atoms with Crippen LogP contribution in [0.15, 0.2) is 24.3 Å². The Morgan fingerprint density at radius 2 is 2.13 bits per heavy atom. The lowest BCUT2D eigenvalue weighted by atomic mass is 10.2. The Morgan fingerprint density at radius 3 is 2.80 bits per heavy atom. The van der Waals surface area contributed by atoms with E-state index in [9.17, 15) is 5.11 Å². The summed E-state index contributed by atoms with van der Waals surface area (Å²) in [6.45, 7) is 0. The maximum absolute atomic E-state index is 9.68. The van der Waals surface area contributed by atoms with Crippen LogP contribution >= 0.6 is 23.4 Å². The Morgan fingerprint density at radius 1 is 1.33 bits per heavy atom. The van der Waals surface area contributed by atoms with Gasteiger partial charge in [-0.15, -0.1) is 0 Å². The maximum Gasteiger partial charge on any atom is 0.0658 e. The van der Waals surface area contributed by atoms with Crippen LogP contribution in [0.25, 0.3) is 0 Å². The molecule has 0 aromatic heterocycles. The third kappa shape index (κ3) is 2.90. The molecule has 1 nitrogen and oxygen atoms in total. The molecule has 1 aromatic carbocycles. The normalized spacial score (nSPS) is 25.7. The highest BCUT2D eigenvalue weighted by Gasteiger charge is 2.25. The molecule has 1 aliphatic rings. The van der Waals surface area contributed by atoms with Gasteiger partial charge in [0.25, 0.3) is 0 Å². The van der Waals surface area contributed by atoms with Crippen molar-refractivity contribution < 1.29 is 5.11 Å². The highest BCUT2D eigenvalue weighted by atomic mass is 35.5. The first-order valence-electron chi connectivity index (χ1n) is 5.30. The number of thioether (sulfide) groups is 1. The monoisotopic (exact) mass is 242 g/mol. The molecule has 0 bridgehead atoms. The highest BCUT2D eigenvalue weighted by molar-refractivity contribution is 7.99. The van der Waals surface area contributed by atoms with Crippen molar-refractivity contribution in [3.63, 3.8) is 0 Å². The van der Waals surface area contributed by atoms with E-state index < -0.39 is 0 Å². The van der Waals surface area contributed by atoms with Crippen LogP contribution < -0.4 is 0 Å². The molecule has 0 amide bonds. The van der Waals surface area contributed by atoms with Crippen molar-refractivity contribution >= 4 is 23.4 Å². The molecule has 15 heavy (non-hydrogen) atoms. The number of hydrogen-bond donors (Lipinski definition) is 1. The Labute approximate surface area is 99.8 Å². The maximum atomic E-state index is 9.68. The molecule has 1 fully saturated rings. The van der Waals surface area contributed by atoms with Crippen LogP contribution in [0.5, 0.6) is 0 Å². The van der Waals surface area contributed by atoms with Gasteiger partial charge in [0.15, 0.2) is 0 Å². The first-order chi connectivity index (χ1) is 7.27. The van der Waals surface area contributed by atoms with Gasteiger partial charge in [-0.1, -0.05) is 29.8 Å². The minimum absolute atomic E-state index is 0.113. The molecule has 1 aromatic rings. The molecule has 82 valence electrons. The lowest BCUT2D eigenvalue weighted by molar-refractivity contribution is 0.188. The molecule has 2 atom stereocenters. The van der Waals surface area contributed by atoms with E-state index in [4.69, 9.17) is 11.6 Å². The third-order valence-electron chi connectivity index (χ3n) is 2.83. The largest absolute Gasteiger partial charge is 0.392 e. The van der Waals surface area contributed by atoms with Crippen LogP contribution in [0.1, 0.15) is 24.8 Å². The van der Waals surface area contributed by atoms with Gasteiger partial charge in [-0.3, -0.25) is 0 Å². The fraction of sp³-hybridized carbons (Fsp3) is 0.500. The van der Waals surface area contributed by atoms with Gasteiger partial charge >= 0.3 is 0 Å². The molecular formula is C12H15ClOS. The van der Waals surface area contributed by atoms with Crippen LogP contribution in [0.3, 0.4) is 0 Å². The lowest BCUT2D eigenvalue weighted by Crippen LogP contribution is -2.15. The zero-order valence-corrected chi connectivity index (χ0v) is 10.1. The Hall–Kier alpha value is -0.180. The SMILES string of the molecule is O[C@@H]1CCC[C@H]1SCc1ccccc1Cl. The van der Waals surface area contributed by atoms with Crippen LogP contribution in [0.2, 0.25) is 5.02 Å². The molecule has 0 spiro atoms. The zero-order chi connectivity index (χ0) is 10.7. The molecular weight excluding hydrogens is 228 g/mol. The number of rotatable bonds is 3. The van der Waals surface area contributed by atoms with E-state index in [0.29, 0.717) is 5.25 Å². The first-order valence-corrected chi connectivity index (χ1v) is 6.73. The standard InChI is InChI=1S/C12H15ClOS/c13-10-5-2-1-4-9(10)8-15-12-7-3-6-11(12)14/h1-2,4-5,11-12,14H,3,6-8H2/t11-,12-/m1/s1. The van der Waals surface area contributed by atoms with Crippen molar-refractivity contribution in [2.45, 2.75) is 36.4 Å². The van der Waals surface area contributed by atoms with Gasteiger partial charge in [0.1, 0.15) is 0 Å². The summed E-state index contributed by atoms with van der Waals surface area (Å²) >= 11 is 7.90. The van der Waals surface area contributed by atoms with Gasteiger partial charge in [-0.05, 0) is 30.9 Å². The molecule has 3 heteroatoms. The fourth-order valence-electron chi connectivity index (χ4n) is 1.91. The summed E-state index contributed by atoms with van der Waals surface area (Å²) in [5.74, 6) is 0.904. The summed E-state index contributed by atoms with van der Waals surface area (Å²) in [4.78, 5) is 0. The van der Waals surface area contributed by atoms with Crippen molar-refractivity contribution in [3.05, 3.63) is 34.9 Å². The second-order valence-electron chi connectivity index (χ2n) is 3.94. The smallest absolute Gasteiger partial charge is 0.0658 e. The Kier molecular flexibility index (Phi) is 3.95. The van der Waals surface area contributed by atoms with Gasteiger partial charge in [0, 0.05) is 16.0 Å². The number of halogens is 1.